The number of rotatable bonds is 8. The van der Waals surface area contributed by atoms with E-state index in [2.05, 4.69) is 17.1 Å². The minimum atomic E-state index is -0.143. The molecule has 1 aromatic heterocycles. The average Bonchev–Trinajstić information content (AvgIpc) is 2.84. The zero-order chi connectivity index (χ0) is 22.3. The molecule has 4 heteroatoms. The smallest absolute Gasteiger partial charge is 0.137 e. The first-order chi connectivity index (χ1) is 15.7. The van der Waals surface area contributed by atoms with Gasteiger partial charge in [0.25, 0.3) is 0 Å². The van der Waals surface area contributed by atoms with Crippen molar-refractivity contribution in [1.82, 2.24) is 4.98 Å². The number of nitrogens with zero attached hydrogens (tertiary/aromatic N) is 2. The zero-order valence-corrected chi connectivity index (χ0v) is 18.1. The monoisotopic (exact) mass is 424 g/mol. The molecule has 1 heterocycles. The fourth-order valence-electron chi connectivity index (χ4n) is 3.84. The molecule has 0 saturated heterocycles. The normalized spacial score (nSPS) is 10.8. The third-order valence-corrected chi connectivity index (χ3v) is 5.64. The van der Waals surface area contributed by atoms with Crippen LogP contribution in [0.25, 0.3) is 10.8 Å². The lowest BCUT2D eigenvalue weighted by atomic mass is 9.97. The largest absolute Gasteiger partial charge is 0.492 e. The van der Waals surface area contributed by atoms with E-state index >= 15 is 4.39 Å². The van der Waals surface area contributed by atoms with Crippen LogP contribution in [0.4, 0.5) is 4.39 Å². The van der Waals surface area contributed by atoms with Crippen LogP contribution < -0.4 is 4.74 Å². The van der Waals surface area contributed by atoms with Crippen LogP contribution in [0.3, 0.4) is 0 Å². The van der Waals surface area contributed by atoms with Crippen molar-refractivity contribution in [3.8, 4) is 11.8 Å². The summed E-state index contributed by atoms with van der Waals surface area (Å²) in [6.07, 6.45) is 4.79. The fraction of sp³-hybridized carbons (Fsp3) is 0.214. The Labute approximate surface area is 188 Å². The summed E-state index contributed by atoms with van der Waals surface area (Å²) in [6, 6.07) is 23.4. The van der Waals surface area contributed by atoms with Gasteiger partial charge in [-0.05, 0) is 78.9 Å². The molecule has 0 fully saturated rings. The predicted octanol–water partition coefficient (Wildman–Crippen LogP) is 6.21. The van der Waals surface area contributed by atoms with Gasteiger partial charge in [-0.1, -0.05) is 42.5 Å². The number of nitriles is 1. The maximum absolute atomic E-state index is 15.1. The van der Waals surface area contributed by atoms with Crippen LogP contribution in [0.5, 0.6) is 5.75 Å². The second-order valence-electron chi connectivity index (χ2n) is 7.82. The van der Waals surface area contributed by atoms with Gasteiger partial charge in [-0.3, -0.25) is 4.98 Å². The Morgan fingerprint density at radius 1 is 0.875 bits per heavy atom. The van der Waals surface area contributed by atoms with Gasteiger partial charge in [0.1, 0.15) is 11.6 Å². The third-order valence-electron chi connectivity index (χ3n) is 5.64. The van der Waals surface area contributed by atoms with Gasteiger partial charge in [0, 0.05) is 11.1 Å². The second-order valence-corrected chi connectivity index (χ2v) is 7.82. The summed E-state index contributed by atoms with van der Waals surface area (Å²) in [4.78, 5) is 4.45. The van der Waals surface area contributed by atoms with E-state index in [1.54, 1.807) is 18.3 Å². The Balaban J connectivity index is 1.42. The van der Waals surface area contributed by atoms with Gasteiger partial charge >= 0.3 is 0 Å². The highest BCUT2D eigenvalue weighted by Gasteiger charge is 2.09. The molecule has 4 aromatic rings. The van der Waals surface area contributed by atoms with Gasteiger partial charge in [-0.15, -0.1) is 0 Å². The van der Waals surface area contributed by atoms with E-state index in [-0.39, 0.29) is 5.82 Å². The fourth-order valence-corrected chi connectivity index (χ4v) is 3.84. The van der Waals surface area contributed by atoms with Crippen LogP contribution in [0.15, 0.2) is 72.9 Å². The van der Waals surface area contributed by atoms with Crippen molar-refractivity contribution < 1.29 is 9.13 Å². The number of fused-ring (bicyclic) bond motifs is 1. The first-order valence-corrected chi connectivity index (χ1v) is 10.9. The van der Waals surface area contributed by atoms with Gasteiger partial charge in [0.05, 0.1) is 24.4 Å². The van der Waals surface area contributed by atoms with Crippen LogP contribution in [0, 0.1) is 17.1 Å². The number of aryl methyl sites for hydroxylation is 4. The zero-order valence-electron chi connectivity index (χ0n) is 18.1. The maximum atomic E-state index is 15.1. The van der Waals surface area contributed by atoms with Crippen LogP contribution in [-0.4, -0.2) is 11.6 Å². The summed E-state index contributed by atoms with van der Waals surface area (Å²) >= 11 is 0. The van der Waals surface area contributed by atoms with Gasteiger partial charge in [-0.25, -0.2) is 4.39 Å². The summed E-state index contributed by atoms with van der Waals surface area (Å²) in [5.74, 6) is 0.642. The predicted molar refractivity (Wildman–Crippen MR) is 125 cm³/mol. The number of halogens is 1. The second kappa shape index (κ2) is 10.1. The van der Waals surface area contributed by atoms with E-state index in [0.717, 1.165) is 47.2 Å². The van der Waals surface area contributed by atoms with E-state index in [1.165, 1.54) is 0 Å². The van der Waals surface area contributed by atoms with Gasteiger partial charge in [0.15, 0.2) is 0 Å². The lowest BCUT2D eigenvalue weighted by Crippen LogP contribution is -1.98. The van der Waals surface area contributed by atoms with Crippen LogP contribution in [-0.2, 0) is 25.7 Å². The van der Waals surface area contributed by atoms with Crippen LogP contribution in [0.1, 0.15) is 34.9 Å². The molecule has 0 aliphatic heterocycles. The molecule has 0 spiro atoms. The first kappa shape index (κ1) is 21.5. The van der Waals surface area contributed by atoms with Crippen molar-refractivity contribution in [2.75, 3.05) is 6.61 Å². The molecule has 3 aromatic carbocycles. The Kier molecular flexibility index (Phi) is 6.77. The highest BCUT2D eigenvalue weighted by molar-refractivity contribution is 5.84. The molecule has 0 unspecified atom stereocenters. The van der Waals surface area contributed by atoms with Crippen molar-refractivity contribution in [3.05, 3.63) is 107 Å². The molecular weight excluding hydrogens is 399 g/mol. The van der Waals surface area contributed by atoms with E-state index in [0.29, 0.717) is 29.5 Å². The maximum Gasteiger partial charge on any atom is 0.137 e. The molecule has 0 aliphatic rings. The van der Waals surface area contributed by atoms with Gasteiger partial charge < -0.3 is 4.74 Å². The topological polar surface area (TPSA) is 45.9 Å². The van der Waals surface area contributed by atoms with E-state index in [4.69, 9.17) is 10.00 Å². The number of hydrogen-bond donors (Lipinski definition) is 0. The van der Waals surface area contributed by atoms with E-state index in [1.807, 2.05) is 55.5 Å². The molecule has 0 bridgehead atoms. The Bertz CT molecular complexity index is 1240. The third kappa shape index (κ3) is 5.12. The van der Waals surface area contributed by atoms with Crippen LogP contribution >= 0.6 is 0 Å². The molecule has 0 saturated carbocycles. The number of ether oxygens (including phenoxy) is 1. The molecule has 0 amide bonds. The quantitative estimate of drug-likeness (QED) is 0.338. The Morgan fingerprint density at radius 2 is 1.66 bits per heavy atom. The van der Waals surface area contributed by atoms with Gasteiger partial charge in [-0.2, -0.15) is 5.26 Å². The van der Waals surface area contributed by atoms with Crippen molar-refractivity contribution >= 4 is 10.8 Å². The molecule has 3 nitrogen and oxygen atoms in total. The minimum absolute atomic E-state index is 0.143. The van der Waals surface area contributed by atoms with Crippen molar-refractivity contribution in [3.63, 3.8) is 0 Å². The summed E-state index contributed by atoms with van der Waals surface area (Å²) in [5.41, 5.74) is 4.63. The average molecular weight is 425 g/mol. The van der Waals surface area contributed by atoms with Crippen molar-refractivity contribution in [1.29, 1.82) is 5.26 Å². The van der Waals surface area contributed by atoms with E-state index in [9.17, 15) is 0 Å². The molecule has 0 N–H and O–H groups in total. The van der Waals surface area contributed by atoms with Crippen molar-refractivity contribution in [2.45, 2.75) is 32.6 Å². The molecule has 0 aliphatic carbocycles. The van der Waals surface area contributed by atoms with Gasteiger partial charge in [0.2, 0.25) is 0 Å². The molecular formula is C28H25FN2O. The minimum Gasteiger partial charge on any atom is -0.492 e. The Hall–Kier alpha value is -3.71. The highest BCUT2D eigenvalue weighted by atomic mass is 19.1. The number of pyridine rings is 1. The number of benzene rings is 3. The van der Waals surface area contributed by atoms with E-state index < -0.39 is 0 Å². The lowest BCUT2D eigenvalue weighted by Gasteiger charge is -2.09. The van der Waals surface area contributed by atoms with Crippen molar-refractivity contribution in [2.24, 2.45) is 0 Å². The highest BCUT2D eigenvalue weighted by Crippen LogP contribution is 2.24. The summed E-state index contributed by atoms with van der Waals surface area (Å²) in [7, 11) is 0. The molecule has 32 heavy (non-hydrogen) atoms. The molecule has 160 valence electrons. The number of aromatic nitrogens is 1. The summed E-state index contributed by atoms with van der Waals surface area (Å²) in [6.45, 7) is 2.58. The molecule has 0 atom stereocenters. The standard InChI is InChI=1S/C28H25FN2O/c1-2-32-26-15-14-25(31-19-26)13-8-21-9-16-27-24(17-21)12-11-23(28(27)29)10-7-20-3-5-22(18-30)6-4-20/h3-6,9,11-12,14-17,19H,2,7-8,10,13H2,1H3. The van der Waals surface area contributed by atoms with Crippen LogP contribution in [0.2, 0.25) is 0 Å². The summed E-state index contributed by atoms with van der Waals surface area (Å²) < 4.78 is 20.5. The number of hydrogen-bond acceptors (Lipinski definition) is 3. The summed E-state index contributed by atoms with van der Waals surface area (Å²) in [5, 5.41) is 10.5. The lowest BCUT2D eigenvalue weighted by molar-refractivity contribution is 0.338. The first-order valence-electron chi connectivity index (χ1n) is 10.9. The molecule has 0 radical (unpaired) electrons. The SMILES string of the molecule is CCOc1ccc(CCc2ccc3c(F)c(CCc4ccc(C#N)cc4)ccc3c2)nc1. The molecule has 4 rings (SSSR count). The Morgan fingerprint density at radius 3 is 2.38 bits per heavy atom.